The summed E-state index contributed by atoms with van der Waals surface area (Å²) in [5.41, 5.74) is 5.94. The van der Waals surface area contributed by atoms with E-state index in [-0.39, 0.29) is 26.6 Å². The van der Waals surface area contributed by atoms with Gasteiger partial charge in [0.2, 0.25) is 0 Å². The zero-order chi connectivity index (χ0) is 10.5. The molecular formula is C7H4Cl3N3O. The summed E-state index contributed by atoms with van der Waals surface area (Å²) in [6.07, 6.45) is 0. The maximum atomic E-state index is 9.48. The lowest BCUT2D eigenvalue weighted by Crippen LogP contribution is -1.85. The second kappa shape index (κ2) is 3.08. The molecule has 0 fully saturated rings. The fraction of sp³-hybridized carbons (Fsp3) is 0. The molecule has 74 valence electrons. The van der Waals surface area contributed by atoms with Crippen molar-refractivity contribution in [3.8, 4) is 5.75 Å². The highest BCUT2D eigenvalue weighted by Gasteiger charge is 2.19. The number of phenols is 1. The van der Waals surface area contributed by atoms with Crippen molar-refractivity contribution in [3.05, 3.63) is 15.1 Å². The van der Waals surface area contributed by atoms with Gasteiger partial charge in [0.05, 0.1) is 20.9 Å². The first-order valence-corrected chi connectivity index (χ1v) is 4.66. The lowest BCUT2D eigenvalue weighted by molar-refractivity contribution is 0.477. The van der Waals surface area contributed by atoms with Crippen LogP contribution in [0.15, 0.2) is 0 Å². The third kappa shape index (κ3) is 1.11. The number of phenolic OH excluding ortho intramolecular Hbond substituents is 1. The second-order valence-corrected chi connectivity index (χ2v) is 3.78. The van der Waals surface area contributed by atoms with Crippen LogP contribution in [0.3, 0.4) is 0 Å². The van der Waals surface area contributed by atoms with Crippen LogP contribution in [0.25, 0.3) is 10.9 Å². The number of fused-ring (bicyclic) bond motifs is 1. The number of H-pyrrole nitrogens is 1. The van der Waals surface area contributed by atoms with Crippen LogP contribution in [0.2, 0.25) is 15.1 Å². The summed E-state index contributed by atoms with van der Waals surface area (Å²) in [5, 5.41) is 16.3. The minimum absolute atomic E-state index is 0.0205. The topological polar surface area (TPSA) is 74.9 Å². The molecule has 7 heteroatoms. The molecule has 0 aliphatic carbocycles. The second-order valence-electron chi connectivity index (χ2n) is 2.65. The number of aromatic amines is 1. The molecule has 0 aliphatic rings. The Kier molecular flexibility index (Phi) is 2.14. The van der Waals surface area contributed by atoms with E-state index in [2.05, 4.69) is 10.2 Å². The van der Waals surface area contributed by atoms with E-state index in [0.717, 1.165) is 0 Å². The smallest absolute Gasteiger partial charge is 0.155 e. The molecule has 1 heterocycles. The van der Waals surface area contributed by atoms with Crippen molar-refractivity contribution < 1.29 is 5.11 Å². The van der Waals surface area contributed by atoms with Crippen LogP contribution in [-0.2, 0) is 0 Å². The zero-order valence-corrected chi connectivity index (χ0v) is 8.87. The van der Waals surface area contributed by atoms with Crippen LogP contribution < -0.4 is 5.73 Å². The normalized spacial score (nSPS) is 11.1. The SMILES string of the molecule is Nc1n[nH]c2c(Cl)c(Cl)c(O)c(Cl)c12. The van der Waals surface area contributed by atoms with Crippen LogP contribution in [0.1, 0.15) is 0 Å². The predicted octanol–water partition coefficient (Wildman–Crippen LogP) is 2.81. The summed E-state index contributed by atoms with van der Waals surface area (Å²) in [7, 11) is 0. The van der Waals surface area contributed by atoms with Gasteiger partial charge in [-0.25, -0.2) is 0 Å². The van der Waals surface area contributed by atoms with E-state index in [4.69, 9.17) is 40.5 Å². The Morgan fingerprint density at radius 3 is 2.43 bits per heavy atom. The summed E-state index contributed by atoms with van der Waals surface area (Å²) in [6, 6.07) is 0. The Morgan fingerprint density at radius 1 is 1.14 bits per heavy atom. The van der Waals surface area contributed by atoms with E-state index >= 15 is 0 Å². The van der Waals surface area contributed by atoms with Crippen molar-refractivity contribution in [1.82, 2.24) is 10.2 Å². The van der Waals surface area contributed by atoms with Gasteiger partial charge in [-0.1, -0.05) is 34.8 Å². The molecular weight excluding hydrogens is 248 g/mol. The van der Waals surface area contributed by atoms with Gasteiger partial charge in [0, 0.05) is 0 Å². The lowest BCUT2D eigenvalue weighted by Gasteiger charge is -2.03. The average Bonchev–Trinajstić information content (AvgIpc) is 2.54. The average molecular weight is 252 g/mol. The van der Waals surface area contributed by atoms with Crippen LogP contribution in [-0.4, -0.2) is 15.3 Å². The summed E-state index contributed by atoms with van der Waals surface area (Å²) in [4.78, 5) is 0. The van der Waals surface area contributed by atoms with E-state index in [0.29, 0.717) is 10.9 Å². The van der Waals surface area contributed by atoms with Gasteiger partial charge < -0.3 is 10.8 Å². The Bertz CT molecular complexity index is 523. The van der Waals surface area contributed by atoms with Crippen molar-refractivity contribution >= 4 is 51.5 Å². The maximum absolute atomic E-state index is 9.48. The van der Waals surface area contributed by atoms with Gasteiger partial charge in [-0.3, -0.25) is 5.10 Å². The monoisotopic (exact) mass is 251 g/mol. The third-order valence-corrected chi connectivity index (χ3v) is 3.05. The number of benzene rings is 1. The molecule has 4 N–H and O–H groups in total. The summed E-state index contributed by atoms with van der Waals surface area (Å²) >= 11 is 17.4. The highest BCUT2D eigenvalue weighted by molar-refractivity contribution is 6.49. The highest BCUT2D eigenvalue weighted by Crippen LogP contribution is 2.44. The summed E-state index contributed by atoms with van der Waals surface area (Å²) < 4.78 is 0. The maximum Gasteiger partial charge on any atom is 0.155 e. The van der Waals surface area contributed by atoms with Gasteiger partial charge in [-0.05, 0) is 0 Å². The molecule has 0 unspecified atom stereocenters. The van der Waals surface area contributed by atoms with Crippen LogP contribution >= 0.6 is 34.8 Å². The molecule has 0 amide bonds. The van der Waals surface area contributed by atoms with E-state index in [1.165, 1.54) is 0 Å². The number of nitrogens with one attached hydrogen (secondary N) is 1. The molecule has 0 atom stereocenters. The zero-order valence-electron chi connectivity index (χ0n) is 6.61. The minimum Gasteiger partial charge on any atom is -0.505 e. The van der Waals surface area contributed by atoms with Crippen molar-refractivity contribution in [3.63, 3.8) is 0 Å². The van der Waals surface area contributed by atoms with Crippen molar-refractivity contribution in [1.29, 1.82) is 0 Å². The first-order chi connectivity index (χ1) is 6.54. The fourth-order valence-electron chi connectivity index (χ4n) is 1.17. The third-order valence-electron chi connectivity index (χ3n) is 1.84. The minimum atomic E-state index is -0.293. The number of halogens is 3. The Labute approximate surface area is 93.6 Å². The fourth-order valence-corrected chi connectivity index (χ4v) is 1.91. The van der Waals surface area contributed by atoms with Gasteiger partial charge in [0.25, 0.3) is 0 Å². The number of aromatic nitrogens is 2. The number of hydrogen-bond donors (Lipinski definition) is 3. The molecule has 0 aliphatic heterocycles. The van der Waals surface area contributed by atoms with E-state index < -0.39 is 0 Å². The number of anilines is 1. The Balaban J connectivity index is 3.05. The molecule has 0 bridgehead atoms. The van der Waals surface area contributed by atoms with Crippen molar-refractivity contribution in [2.24, 2.45) is 0 Å². The van der Waals surface area contributed by atoms with Gasteiger partial charge in [-0.15, -0.1) is 0 Å². The van der Waals surface area contributed by atoms with Crippen LogP contribution in [0.4, 0.5) is 5.82 Å². The number of nitrogen functional groups attached to an aromatic ring is 1. The van der Waals surface area contributed by atoms with E-state index in [9.17, 15) is 5.11 Å². The lowest BCUT2D eigenvalue weighted by atomic mass is 10.2. The Hall–Kier alpha value is -0.840. The summed E-state index contributed by atoms with van der Waals surface area (Å²) in [5.74, 6) is -0.127. The van der Waals surface area contributed by atoms with Gasteiger partial charge >= 0.3 is 0 Å². The van der Waals surface area contributed by atoms with Gasteiger partial charge in [0.15, 0.2) is 11.6 Å². The van der Waals surface area contributed by atoms with E-state index in [1.54, 1.807) is 0 Å². The van der Waals surface area contributed by atoms with Crippen LogP contribution in [0, 0.1) is 0 Å². The molecule has 0 saturated carbocycles. The number of rotatable bonds is 0. The van der Waals surface area contributed by atoms with Crippen molar-refractivity contribution in [2.45, 2.75) is 0 Å². The first kappa shape index (κ1) is 9.71. The number of hydrogen-bond acceptors (Lipinski definition) is 3. The number of nitrogens with zero attached hydrogens (tertiary/aromatic N) is 1. The molecule has 0 saturated heterocycles. The molecule has 1 aromatic carbocycles. The molecule has 0 radical (unpaired) electrons. The van der Waals surface area contributed by atoms with E-state index in [1.807, 2.05) is 0 Å². The highest BCUT2D eigenvalue weighted by atomic mass is 35.5. The molecule has 2 rings (SSSR count). The number of aromatic hydroxyl groups is 1. The van der Waals surface area contributed by atoms with Gasteiger partial charge in [-0.2, -0.15) is 5.10 Å². The molecule has 4 nitrogen and oxygen atoms in total. The first-order valence-electron chi connectivity index (χ1n) is 3.53. The predicted molar refractivity (Wildman–Crippen MR) is 57.2 cm³/mol. The largest absolute Gasteiger partial charge is 0.505 e. The summed E-state index contributed by atoms with van der Waals surface area (Å²) in [6.45, 7) is 0. The quantitative estimate of drug-likeness (QED) is 0.631. The molecule has 14 heavy (non-hydrogen) atoms. The Morgan fingerprint density at radius 2 is 1.79 bits per heavy atom. The molecule has 0 spiro atoms. The van der Waals surface area contributed by atoms with Gasteiger partial charge in [0.1, 0.15) is 5.02 Å². The van der Waals surface area contributed by atoms with Crippen LogP contribution in [0.5, 0.6) is 5.75 Å². The number of nitrogens with two attached hydrogens (primary N) is 1. The molecule has 2 aromatic rings. The standard InChI is InChI=1S/C7H4Cl3N3O/c8-2-1-5(12-13-7(1)11)3(9)4(10)6(2)14/h14H,(H3,11,12,13). The molecule has 1 aromatic heterocycles. The van der Waals surface area contributed by atoms with Crippen molar-refractivity contribution in [2.75, 3.05) is 5.73 Å².